The molecular formula is C20H21N5O4S. The fourth-order valence-electron chi connectivity index (χ4n) is 3.88. The lowest BCUT2D eigenvalue weighted by Crippen LogP contribution is -2.37. The summed E-state index contributed by atoms with van der Waals surface area (Å²) in [5, 5.41) is 1.83. The van der Waals surface area contributed by atoms with E-state index in [2.05, 4.69) is 20.8 Å². The Hall–Kier alpha value is -2.95. The average molecular weight is 427 g/mol. The predicted octanol–water partition coefficient (Wildman–Crippen LogP) is 1.18. The van der Waals surface area contributed by atoms with Crippen molar-refractivity contribution < 1.29 is 14.3 Å². The molecule has 9 nitrogen and oxygen atoms in total. The van der Waals surface area contributed by atoms with Gasteiger partial charge in [-0.15, -0.1) is 11.3 Å². The molecule has 3 N–H and O–H groups in total. The largest absolute Gasteiger partial charge is 0.486 e. The highest BCUT2D eigenvalue weighted by Crippen LogP contribution is 2.35. The number of rotatable bonds is 4. The van der Waals surface area contributed by atoms with E-state index in [4.69, 9.17) is 9.47 Å². The number of aromatic amines is 1. The van der Waals surface area contributed by atoms with Crippen LogP contribution in [0, 0.1) is 5.92 Å². The zero-order chi connectivity index (χ0) is 20.7. The first-order chi connectivity index (χ1) is 14.6. The number of carbonyl (C=O) groups excluding carboxylic acids is 1. The lowest BCUT2D eigenvalue weighted by atomic mass is 9.93. The standard InChI is InChI=1S/C20H21N5O4S/c1-25(10-16-22-13-4-7-30-18(13)19(26)23-16)20(27)12-9-21-24-17(12)11-2-3-14-15(8-11)29-6-5-28-14/h2-4,7-8,12,17,21,24H,5-6,9-10H2,1H3,(H,22,23,26). The van der Waals surface area contributed by atoms with Crippen molar-refractivity contribution in [1.29, 1.82) is 0 Å². The second kappa shape index (κ2) is 7.71. The van der Waals surface area contributed by atoms with Gasteiger partial charge in [-0.2, -0.15) is 0 Å². The van der Waals surface area contributed by atoms with Gasteiger partial charge in [-0.3, -0.25) is 15.0 Å². The van der Waals surface area contributed by atoms with Gasteiger partial charge in [0.25, 0.3) is 5.56 Å². The Balaban J connectivity index is 1.34. The number of nitrogens with one attached hydrogen (secondary N) is 3. The first-order valence-corrected chi connectivity index (χ1v) is 10.6. The molecule has 0 spiro atoms. The molecule has 1 aromatic carbocycles. The number of benzene rings is 1. The number of ether oxygens (including phenoxy) is 2. The normalized spacial score (nSPS) is 20.4. The van der Waals surface area contributed by atoms with Crippen molar-refractivity contribution in [1.82, 2.24) is 25.7 Å². The number of H-pyrrole nitrogens is 1. The van der Waals surface area contributed by atoms with Crippen molar-refractivity contribution in [2.75, 3.05) is 26.8 Å². The van der Waals surface area contributed by atoms with Crippen molar-refractivity contribution in [3.63, 3.8) is 0 Å². The van der Waals surface area contributed by atoms with Crippen LogP contribution in [0.5, 0.6) is 11.5 Å². The molecule has 30 heavy (non-hydrogen) atoms. The van der Waals surface area contributed by atoms with Crippen LogP contribution in [0.15, 0.2) is 34.4 Å². The molecule has 0 saturated carbocycles. The van der Waals surface area contributed by atoms with E-state index in [0.29, 0.717) is 41.5 Å². The SMILES string of the molecule is CN(Cc1nc2ccsc2c(=O)[nH]1)C(=O)C1CNNC1c1ccc2c(c1)OCCO2. The highest BCUT2D eigenvalue weighted by atomic mass is 32.1. The van der Waals surface area contributed by atoms with Gasteiger partial charge in [-0.25, -0.2) is 10.4 Å². The summed E-state index contributed by atoms with van der Waals surface area (Å²) < 4.78 is 11.9. The smallest absolute Gasteiger partial charge is 0.268 e. The van der Waals surface area contributed by atoms with Crippen molar-refractivity contribution in [2.24, 2.45) is 5.92 Å². The van der Waals surface area contributed by atoms with Crippen molar-refractivity contribution >= 4 is 27.5 Å². The van der Waals surface area contributed by atoms with Gasteiger partial charge in [0.15, 0.2) is 11.5 Å². The van der Waals surface area contributed by atoms with Crippen LogP contribution in [-0.2, 0) is 11.3 Å². The Morgan fingerprint density at radius 3 is 2.97 bits per heavy atom. The molecule has 156 valence electrons. The highest BCUT2D eigenvalue weighted by molar-refractivity contribution is 7.17. The summed E-state index contributed by atoms with van der Waals surface area (Å²) in [6.45, 7) is 1.77. The van der Waals surface area contributed by atoms with Gasteiger partial charge in [0.05, 0.1) is 24.0 Å². The summed E-state index contributed by atoms with van der Waals surface area (Å²) in [4.78, 5) is 34.2. The second-order valence-electron chi connectivity index (χ2n) is 7.35. The van der Waals surface area contributed by atoms with Gasteiger partial charge in [0.2, 0.25) is 5.91 Å². The van der Waals surface area contributed by atoms with Gasteiger partial charge in [-0.1, -0.05) is 6.07 Å². The van der Waals surface area contributed by atoms with Gasteiger partial charge < -0.3 is 19.4 Å². The summed E-state index contributed by atoms with van der Waals surface area (Å²) in [5.41, 5.74) is 7.70. The van der Waals surface area contributed by atoms with Gasteiger partial charge in [-0.05, 0) is 29.1 Å². The maximum absolute atomic E-state index is 13.2. The van der Waals surface area contributed by atoms with Crippen molar-refractivity contribution in [3.8, 4) is 11.5 Å². The second-order valence-corrected chi connectivity index (χ2v) is 8.27. The van der Waals surface area contributed by atoms with E-state index in [1.807, 2.05) is 29.6 Å². The summed E-state index contributed by atoms with van der Waals surface area (Å²) in [6, 6.07) is 7.34. The molecule has 5 rings (SSSR count). The topological polar surface area (TPSA) is 109 Å². The third-order valence-corrected chi connectivity index (χ3v) is 6.25. The van der Waals surface area contributed by atoms with Gasteiger partial charge >= 0.3 is 0 Å². The van der Waals surface area contributed by atoms with E-state index in [0.717, 1.165) is 11.3 Å². The molecule has 0 radical (unpaired) electrons. The molecule has 2 aromatic heterocycles. The van der Waals surface area contributed by atoms with Gasteiger partial charge in [0.1, 0.15) is 23.7 Å². The quantitative estimate of drug-likeness (QED) is 0.574. The molecule has 2 atom stereocenters. The zero-order valence-electron chi connectivity index (χ0n) is 16.3. The summed E-state index contributed by atoms with van der Waals surface area (Å²) >= 11 is 1.35. The van der Waals surface area contributed by atoms with Crippen LogP contribution >= 0.6 is 11.3 Å². The molecule has 2 aliphatic rings. The molecule has 0 aliphatic carbocycles. The van der Waals surface area contributed by atoms with Gasteiger partial charge in [0, 0.05) is 13.6 Å². The van der Waals surface area contributed by atoms with E-state index in [9.17, 15) is 9.59 Å². The molecule has 2 unspecified atom stereocenters. The van der Waals surface area contributed by atoms with E-state index < -0.39 is 0 Å². The van der Waals surface area contributed by atoms with Crippen LogP contribution in [0.4, 0.5) is 0 Å². The predicted molar refractivity (Wildman–Crippen MR) is 112 cm³/mol. The number of nitrogens with zero attached hydrogens (tertiary/aromatic N) is 2. The minimum Gasteiger partial charge on any atom is -0.486 e. The fourth-order valence-corrected chi connectivity index (χ4v) is 4.60. The van der Waals surface area contributed by atoms with E-state index in [1.54, 1.807) is 11.9 Å². The zero-order valence-corrected chi connectivity index (χ0v) is 17.1. The maximum Gasteiger partial charge on any atom is 0.268 e. The third-order valence-electron chi connectivity index (χ3n) is 5.35. The summed E-state index contributed by atoms with van der Waals surface area (Å²) in [5.74, 6) is 1.53. The molecule has 2 aliphatic heterocycles. The first kappa shape index (κ1) is 19.0. The van der Waals surface area contributed by atoms with Crippen molar-refractivity contribution in [2.45, 2.75) is 12.6 Å². The molecule has 0 bridgehead atoms. The fraction of sp³-hybridized carbons (Fsp3) is 0.350. The Morgan fingerprint density at radius 2 is 2.10 bits per heavy atom. The lowest BCUT2D eigenvalue weighted by molar-refractivity contribution is -0.134. The number of fused-ring (bicyclic) bond motifs is 2. The number of hydrazine groups is 1. The monoisotopic (exact) mass is 427 g/mol. The van der Waals surface area contributed by atoms with Crippen LogP contribution in [0.3, 0.4) is 0 Å². The molecule has 1 amide bonds. The Labute approximate surface area is 176 Å². The van der Waals surface area contributed by atoms with E-state index in [1.165, 1.54) is 11.3 Å². The number of carbonyl (C=O) groups is 1. The average Bonchev–Trinajstić information content (AvgIpc) is 3.42. The number of thiophene rings is 1. The molecule has 10 heteroatoms. The Kier molecular flexibility index (Phi) is 4.89. The Bertz CT molecular complexity index is 1160. The maximum atomic E-state index is 13.2. The summed E-state index contributed by atoms with van der Waals surface area (Å²) in [7, 11) is 1.72. The van der Waals surface area contributed by atoms with E-state index >= 15 is 0 Å². The highest BCUT2D eigenvalue weighted by Gasteiger charge is 2.36. The molecule has 3 aromatic rings. The number of hydrogen-bond acceptors (Lipinski definition) is 8. The summed E-state index contributed by atoms with van der Waals surface area (Å²) in [6.07, 6.45) is 0. The van der Waals surface area contributed by atoms with Crippen LogP contribution < -0.4 is 25.9 Å². The Morgan fingerprint density at radius 1 is 1.27 bits per heavy atom. The number of amides is 1. The number of aromatic nitrogens is 2. The van der Waals surface area contributed by atoms with Crippen molar-refractivity contribution in [3.05, 3.63) is 51.4 Å². The molecule has 4 heterocycles. The lowest BCUT2D eigenvalue weighted by Gasteiger charge is -2.25. The molecular weight excluding hydrogens is 406 g/mol. The number of hydrogen-bond donors (Lipinski definition) is 3. The molecule has 1 saturated heterocycles. The third kappa shape index (κ3) is 3.42. The van der Waals surface area contributed by atoms with Crippen LogP contribution in [-0.4, -0.2) is 47.6 Å². The van der Waals surface area contributed by atoms with Crippen LogP contribution in [0.25, 0.3) is 10.2 Å². The van der Waals surface area contributed by atoms with Crippen LogP contribution in [0.2, 0.25) is 0 Å². The first-order valence-electron chi connectivity index (χ1n) is 9.69. The molecule has 1 fully saturated rings. The minimum absolute atomic E-state index is 0.0412. The van der Waals surface area contributed by atoms with E-state index in [-0.39, 0.29) is 30.0 Å². The van der Waals surface area contributed by atoms with Crippen LogP contribution in [0.1, 0.15) is 17.4 Å². The minimum atomic E-state index is -0.311.